The first-order valence-electron chi connectivity index (χ1n) is 4.75. The highest BCUT2D eigenvalue weighted by Gasteiger charge is 2.26. The van der Waals surface area contributed by atoms with Gasteiger partial charge in [-0.2, -0.15) is 0 Å². The number of hydrogen-bond acceptors (Lipinski definition) is 2. The number of halogens is 2. The Kier molecular flexibility index (Phi) is 4.21. The van der Waals surface area contributed by atoms with Crippen molar-refractivity contribution in [3.05, 3.63) is 27.7 Å². The van der Waals surface area contributed by atoms with Crippen LogP contribution in [0.4, 0.5) is 5.69 Å². The molecule has 0 heterocycles. The fraction of sp³-hybridized carbons (Fsp3) is 0.364. The lowest BCUT2D eigenvalue weighted by Crippen LogP contribution is -2.31. The smallest absolute Gasteiger partial charge is 0.310 e. The van der Waals surface area contributed by atoms with Gasteiger partial charge in [0.15, 0.2) is 0 Å². The van der Waals surface area contributed by atoms with E-state index >= 15 is 0 Å². The summed E-state index contributed by atoms with van der Waals surface area (Å²) in [5.41, 5.74) is -0.0877. The van der Waals surface area contributed by atoms with Crippen molar-refractivity contribution in [1.82, 2.24) is 0 Å². The predicted molar refractivity (Wildman–Crippen MR) is 69.1 cm³/mol. The van der Waals surface area contributed by atoms with Gasteiger partial charge >= 0.3 is 5.97 Å². The standard InChI is InChI=1S/C11H13BrClNO2/c1-11(2,10(15)16)6-14-9-4-3-7(12)5-8(9)13/h3-5,14H,6H2,1-2H3,(H,15,16). The summed E-state index contributed by atoms with van der Waals surface area (Å²) in [5.74, 6) is -0.840. The zero-order chi connectivity index (χ0) is 12.3. The first kappa shape index (κ1) is 13.3. The van der Waals surface area contributed by atoms with Crippen LogP contribution in [0.25, 0.3) is 0 Å². The van der Waals surface area contributed by atoms with Crippen molar-refractivity contribution in [2.45, 2.75) is 13.8 Å². The van der Waals surface area contributed by atoms with E-state index in [4.69, 9.17) is 16.7 Å². The minimum Gasteiger partial charge on any atom is -0.481 e. The Morgan fingerprint density at radius 1 is 1.56 bits per heavy atom. The number of carboxylic acids is 1. The number of nitrogens with one attached hydrogen (secondary N) is 1. The van der Waals surface area contributed by atoms with Gasteiger partial charge < -0.3 is 10.4 Å². The fourth-order valence-corrected chi connectivity index (χ4v) is 1.76. The topological polar surface area (TPSA) is 49.3 Å². The number of carboxylic acid groups (broad SMARTS) is 1. The molecule has 0 aliphatic carbocycles. The largest absolute Gasteiger partial charge is 0.481 e. The van der Waals surface area contributed by atoms with Gasteiger partial charge in [0.2, 0.25) is 0 Å². The molecule has 0 atom stereocenters. The average Bonchev–Trinajstić information content (AvgIpc) is 2.16. The van der Waals surface area contributed by atoms with E-state index in [1.807, 2.05) is 12.1 Å². The Bertz CT molecular complexity index is 407. The van der Waals surface area contributed by atoms with Gasteiger partial charge in [0.05, 0.1) is 16.1 Å². The molecule has 0 saturated carbocycles. The number of benzene rings is 1. The second-order valence-corrected chi connectivity index (χ2v) is 5.49. The first-order chi connectivity index (χ1) is 7.33. The Labute approximate surface area is 108 Å². The van der Waals surface area contributed by atoms with Crippen LogP contribution in [0, 0.1) is 5.41 Å². The number of hydrogen-bond donors (Lipinski definition) is 2. The van der Waals surface area contributed by atoms with Crippen LogP contribution in [-0.4, -0.2) is 17.6 Å². The molecule has 3 nitrogen and oxygen atoms in total. The average molecular weight is 307 g/mol. The van der Waals surface area contributed by atoms with Crippen LogP contribution in [-0.2, 0) is 4.79 Å². The predicted octanol–water partition coefficient (Wildman–Crippen LogP) is 3.63. The minimum atomic E-state index is -0.840. The van der Waals surface area contributed by atoms with Gasteiger partial charge in [-0.05, 0) is 32.0 Å². The van der Waals surface area contributed by atoms with E-state index in [-0.39, 0.29) is 0 Å². The van der Waals surface area contributed by atoms with E-state index in [0.29, 0.717) is 11.6 Å². The normalized spacial score (nSPS) is 11.2. The molecule has 0 unspecified atom stereocenters. The lowest BCUT2D eigenvalue weighted by atomic mass is 9.94. The van der Waals surface area contributed by atoms with Crippen molar-refractivity contribution in [3.63, 3.8) is 0 Å². The van der Waals surface area contributed by atoms with Crippen LogP contribution >= 0.6 is 27.5 Å². The third-order valence-corrected chi connectivity index (χ3v) is 3.04. The molecular formula is C11H13BrClNO2. The molecule has 1 aromatic rings. The van der Waals surface area contributed by atoms with Crippen LogP contribution in [0.5, 0.6) is 0 Å². The Morgan fingerprint density at radius 2 is 2.19 bits per heavy atom. The van der Waals surface area contributed by atoms with E-state index in [2.05, 4.69) is 21.2 Å². The summed E-state index contributed by atoms with van der Waals surface area (Å²) in [5, 5.41) is 12.5. The third kappa shape index (κ3) is 3.39. The van der Waals surface area contributed by atoms with Gasteiger partial charge in [-0.25, -0.2) is 0 Å². The third-order valence-electron chi connectivity index (χ3n) is 2.23. The summed E-state index contributed by atoms with van der Waals surface area (Å²) in [6, 6.07) is 5.42. The van der Waals surface area contributed by atoms with Crippen LogP contribution in [0.2, 0.25) is 5.02 Å². The SMILES string of the molecule is CC(C)(CNc1ccc(Br)cc1Cl)C(=O)O. The van der Waals surface area contributed by atoms with E-state index in [9.17, 15) is 4.79 Å². The maximum absolute atomic E-state index is 10.9. The molecule has 0 aliphatic rings. The summed E-state index contributed by atoms with van der Waals surface area (Å²) < 4.78 is 0.889. The van der Waals surface area contributed by atoms with Crippen molar-refractivity contribution < 1.29 is 9.90 Å². The molecule has 0 saturated heterocycles. The maximum atomic E-state index is 10.9. The molecule has 0 aromatic heterocycles. The molecule has 1 rings (SSSR count). The molecule has 2 N–H and O–H groups in total. The minimum absolute atomic E-state index is 0.323. The Hall–Kier alpha value is -0.740. The van der Waals surface area contributed by atoms with E-state index in [1.54, 1.807) is 19.9 Å². The van der Waals surface area contributed by atoms with Gasteiger partial charge in [-0.15, -0.1) is 0 Å². The summed E-state index contributed by atoms with van der Waals surface area (Å²) in [6.07, 6.45) is 0. The number of aliphatic carboxylic acids is 1. The molecule has 5 heteroatoms. The van der Waals surface area contributed by atoms with Gasteiger partial charge in [0, 0.05) is 11.0 Å². The van der Waals surface area contributed by atoms with Crippen molar-refractivity contribution in [3.8, 4) is 0 Å². The molecule has 0 spiro atoms. The zero-order valence-electron chi connectivity index (χ0n) is 9.05. The Balaban J connectivity index is 2.72. The van der Waals surface area contributed by atoms with Gasteiger partial charge in [0.25, 0.3) is 0 Å². The van der Waals surface area contributed by atoms with Crippen molar-refractivity contribution in [2.24, 2.45) is 5.41 Å². The molecule has 88 valence electrons. The lowest BCUT2D eigenvalue weighted by Gasteiger charge is -2.20. The quantitative estimate of drug-likeness (QED) is 0.893. The molecule has 0 amide bonds. The second kappa shape index (κ2) is 5.06. The van der Waals surface area contributed by atoms with Crippen LogP contribution in [0.1, 0.15) is 13.8 Å². The van der Waals surface area contributed by atoms with Crippen LogP contribution < -0.4 is 5.32 Å². The summed E-state index contributed by atoms with van der Waals surface area (Å²) in [6.45, 7) is 3.65. The molecule has 0 bridgehead atoms. The zero-order valence-corrected chi connectivity index (χ0v) is 11.4. The lowest BCUT2D eigenvalue weighted by molar-refractivity contribution is -0.146. The van der Waals surface area contributed by atoms with E-state index in [1.165, 1.54) is 0 Å². The highest BCUT2D eigenvalue weighted by atomic mass is 79.9. The van der Waals surface area contributed by atoms with Crippen molar-refractivity contribution in [1.29, 1.82) is 0 Å². The highest BCUT2D eigenvalue weighted by molar-refractivity contribution is 9.10. The molecular weight excluding hydrogens is 293 g/mol. The van der Waals surface area contributed by atoms with Gasteiger partial charge in [-0.3, -0.25) is 4.79 Å². The Morgan fingerprint density at radius 3 is 2.69 bits per heavy atom. The maximum Gasteiger partial charge on any atom is 0.310 e. The van der Waals surface area contributed by atoms with Gasteiger partial charge in [0.1, 0.15) is 0 Å². The van der Waals surface area contributed by atoms with Crippen LogP contribution in [0.3, 0.4) is 0 Å². The summed E-state index contributed by atoms with van der Waals surface area (Å²) in [4.78, 5) is 10.9. The fourth-order valence-electron chi connectivity index (χ4n) is 1.02. The van der Waals surface area contributed by atoms with E-state index in [0.717, 1.165) is 10.2 Å². The summed E-state index contributed by atoms with van der Waals surface area (Å²) in [7, 11) is 0. The molecule has 0 aliphatic heterocycles. The molecule has 1 aromatic carbocycles. The molecule has 16 heavy (non-hydrogen) atoms. The monoisotopic (exact) mass is 305 g/mol. The first-order valence-corrected chi connectivity index (χ1v) is 5.92. The highest BCUT2D eigenvalue weighted by Crippen LogP contribution is 2.27. The number of carbonyl (C=O) groups is 1. The summed E-state index contributed by atoms with van der Waals surface area (Å²) >= 11 is 9.30. The van der Waals surface area contributed by atoms with Gasteiger partial charge in [-0.1, -0.05) is 27.5 Å². The molecule has 0 radical (unpaired) electrons. The van der Waals surface area contributed by atoms with Crippen LogP contribution in [0.15, 0.2) is 22.7 Å². The van der Waals surface area contributed by atoms with Crippen molar-refractivity contribution in [2.75, 3.05) is 11.9 Å². The van der Waals surface area contributed by atoms with Crippen molar-refractivity contribution >= 4 is 39.2 Å². The van der Waals surface area contributed by atoms with E-state index < -0.39 is 11.4 Å². The number of rotatable bonds is 4. The number of anilines is 1. The molecule has 0 fully saturated rings. The second-order valence-electron chi connectivity index (χ2n) is 4.17.